The molecule has 10 heteroatoms. The molecule has 0 aliphatic carbocycles. The van der Waals surface area contributed by atoms with Gasteiger partial charge in [-0.2, -0.15) is 4.98 Å². The van der Waals surface area contributed by atoms with Gasteiger partial charge in [0.15, 0.2) is 5.69 Å². The van der Waals surface area contributed by atoms with Crippen molar-refractivity contribution in [1.82, 2.24) is 15.2 Å². The molecule has 1 atom stereocenters. The zero-order valence-electron chi connectivity index (χ0n) is 14.9. The fraction of sp³-hybridized carbons (Fsp3) is 0.167. The van der Waals surface area contributed by atoms with Gasteiger partial charge in [-0.1, -0.05) is 30.0 Å². The van der Waals surface area contributed by atoms with Crippen molar-refractivity contribution in [3.63, 3.8) is 0 Å². The van der Waals surface area contributed by atoms with Crippen molar-refractivity contribution in [2.75, 3.05) is 18.7 Å². The van der Waals surface area contributed by atoms with Crippen molar-refractivity contribution in [2.24, 2.45) is 0 Å². The van der Waals surface area contributed by atoms with E-state index in [0.29, 0.717) is 22.2 Å². The lowest BCUT2D eigenvalue weighted by Crippen LogP contribution is -2.18. The number of nitro benzene ring substituents is 1. The standard InChI is InChI=1S/C18H15N5O4S/c1-26-14-8-7-10(23(24)25)9-12(14)16-19-13-6-4-3-5-11(13)15-17(27-16)20-18(28-2)22-21-15/h3-9,16,19H,1-2H3/t16-/m0/s1. The van der Waals surface area contributed by atoms with Gasteiger partial charge in [-0.3, -0.25) is 10.1 Å². The molecule has 4 rings (SSSR count). The molecule has 0 spiro atoms. The lowest BCUT2D eigenvalue weighted by molar-refractivity contribution is -0.385. The molecule has 0 amide bonds. The molecule has 1 aromatic heterocycles. The molecule has 2 heterocycles. The molecule has 1 N–H and O–H groups in total. The number of nitro groups is 1. The summed E-state index contributed by atoms with van der Waals surface area (Å²) < 4.78 is 11.5. The van der Waals surface area contributed by atoms with Crippen LogP contribution in [0.15, 0.2) is 47.6 Å². The first kappa shape index (κ1) is 18.0. The van der Waals surface area contributed by atoms with Gasteiger partial charge in [0.25, 0.3) is 5.69 Å². The maximum atomic E-state index is 11.3. The van der Waals surface area contributed by atoms with Crippen LogP contribution >= 0.6 is 11.8 Å². The second kappa shape index (κ2) is 7.31. The molecule has 3 aromatic rings. The van der Waals surface area contributed by atoms with Gasteiger partial charge in [0.1, 0.15) is 5.75 Å². The fourth-order valence-corrected chi connectivity index (χ4v) is 3.21. The predicted molar refractivity (Wildman–Crippen MR) is 104 cm³/mol. The normalized spacial score (nSPS) is 14.7. The summed E-state index contributed by atoms with van der Waals surface area (Å²) in [6.07, 6.45) is 1.07. The van der Waals surface area contributed by atoms with Crippen LogP contribution in [0.1, 0.15) is 11.8 Å². The van der Waals surface area contributed by atoms with Crippen LogP contribution in [-0.4, -0.2) is 33.5 Å². The number of thioether (sulfide) groups is 1. The van der Waals surface area contributed by atoms with Gasteiger partial charge in [-0.25, -0.2) is 0 Å². The molecule has 0 radical (unpaired) electrons. The smallest absolute Gasteiger partial charge is 0.270 e. The molecular formula is C18H15N5O4S. The highest BCUT2D eigenvalue weighted by molar-refractivity contribution is 7.98. The lowest BCUT2D eigenvalue weighted by atomic mass is 10.1. The van der Waals surface area contributed by atoms with Crippen molar-refractivity contribution in [3.05, 3.63) is 58.1 Å². The van der Waals surface area contributed by atoms with Crippen LogP contribution in [0, 0.1) is 10.1 Å². The zero-order chi connectivity index (χ0) is 19.7. The van der Waals surface area contributed by atoms with Crippen LogP contribution in [0.25, 0.3) is 11.3 Å². The van der Waals surface area contributed by atoms with Crippen molar-refractivity contribution >= 4 is 23.1 Å². The minimum atomic E-state index is -0.774. The van der Waals surface area contributed by atoms with E-state index in [9.17, 15) is 10.1 Å². The van der Waals surface area contributed by atoms with Crippen molar-refractivity contribution < 1.29 is 14.4 Å². The molecule has 142 valence electrons. The Kier molecular flexibility index (Phi) is 4.70. The Balaban J connectivity index is 1.88. The average molecular weight is 397 g/mol. The van der Waals surface area contributed by atoms with E-state index in [1.807, 2.05) is 30.5 Å². The molecule has 0 saturated carbocycles. The molecule has 9 nitrogen and oxygen atoms in total. The number of nitrogens with one attached hydrogen (secondary N) is 1. The third kappa shape index (κ3) is 3.18. The van der Waals surface area contributed by atoms with Crippen LogP contribution in [0.2, 0.25) is 0 Å². The topological polar surface area (TPSA) is 112 Å². The SMILES string of the molecule is COc1ccc([N+](=O)[O-])cc1[C@H]1Nc2ccccc2-c2nnc(SC)nc2O1. The Morgan fingerprint density at radius 1 is 1.25 bits per heavy atom. The highest BCUT2D eigenvalue weighted by atomic mass is 32.2. The van der Waals surface area contributed by atoms with Crippen molar-refractivity contribution in [2.45, 2.75) is 11.4 Å². The predicted octanol–water partition coefficient (Wildman–Crippen LogP) is 3.68. The number of nitrogens with zero attached hydrogens (tertiary/aromatic N) is 4. The molecule has 0 saturated heterocycles. The van der Waals surface area contributed by atoms with Gasteiger partial charge in [-0.05, 0) is 18.4 Å². The minimum Gasteiger partial charge on any atom is -0.496 e. The van der Waals surface area contributed by atoms with Gasteiger partial charge < -0.3 is 14.8 Å². The number of non-ortho nitro benzene ring substituents is 1. The van der Waals surface area contributed by atoms with E-state index in [2.05, 4.69) is 20.5 Å². The summed E-state index contributed by atoms with van der Waals surface area (Å²) in [6, 6.07) is 11.9. The maximum absolute atomic E-state index is 11.3. The number of methoxy groups -OCH3 is 1. The number of aromatic nitrogens is 3. The van der Waals surface area contributed by atoms with Crippen molar-refractivity contribution in [1.29, 1.82) is 0 Å². The molecule has 0 fully saturated rings. The summed E-state index contributed by atoms with van der Waals surface area (Å²) in [5, 5.41) is 23.3. The maximum Gasteiger partial charge on any atom is 0.270 e. The van der Waals surface area contributed by atoms with Crippen LogP contribution in [0.3, 0.4) is 0 Å². The number of benzene rings is 2. The van der Waals surface area contributed by atoms with E-state index in [1.165, 1.54) is 31.0 Å². The van der Waals surface area contributed by atoms with Gasteiger partial charge in [0.2, 0.25) is 17.3 Å². The van der Waals surface area contributed by atoms with Gasteiger partial charge in [0.05, 0.1) is 17.6 Å². The fourth-order valence-electron chi connectivity index (χ4n) is 2.91. The minimum absolute atomic E-state index is 0.0652. The van der Waals surface area contributed by atoms with E-state index < -0.39 is 11.2 Å². The number of fused-ring (bicyclic) bond motifs is 3. The summed E-state index contributed by atoms with van der Waals surface area (Å²) in [7, 11) is 1.50. The quantitative estimate of drug-likeness (QED) is 0.400. The third-order valence-electron chi connectivity index (χ3n) is 4.22. The molecule has 1 aliphatic rings. The number of ether oxygens (including phenoxy) is 2. The number of para-hydroxylation sites is 1. The lowest BCUT2D eigenvalue weighted by Gasteiger charge is -2.21. The molecule has 0 unspecified atom stereocenters. The Morgan fingerprint density at radius 3 is 2.82 bits per heavy atom. The summed E-state index contributed by atoms with van der Waals surface area (Å²) in [5.41, 5.74) is 2.42. The van der Waals surface area contributed by atoms with E-state index in [0.717, 1.165) is 11.3 Å². The highest BCUT2D eigenvalue weighted by Crippen LogP contribution is 2.41. The number of hydrogen-bond donors (Lipinski definition) is 1. The Bertz CT molecular complexity index is 1060. The number of rotatable bonds is 4. The first-order chi connectivity index (χ1) is 13.6. The molecule has 1 aliphatic heterocycles. The molecule has 28 heavy (non-hydrogen) atoms. The average Bonchev–Trinajstić information content (AvgIpc) is 2.89. The third-order valence-corrected chi connectivity index (χ3v) is 4.76. The van der Waals surface area contributed by atoms with Crippen LogP contribution in [0.5, 0.6) is 11.6 Å². The largest absolute Gasteiger partial charge is 0.496 e. The van der Waals surface area contributed by atoms with Crippen LogP contribution in [0.4, 0.5) is 11.4 Å². The van der Waals surface area contributed by atoms with Crippen LogP contribution in [-0.2, 0) is 0 Å². The number of anilines is 1. The molecule has 0 bridgehead atoms. The van der Waals surface area contributed by atoms with Crippen LogP contribution < -0.4 is 14.8 Å². The Hall–Kier alpha value is -3.40. The zero-order valence-corrected chi connectivity index (χ0v) is 15.8. The molecule has 2 aromatic carbocycles. The van der Waals surface area contributed by atoms with Gasteiger partial charge in [-0.15, -0.1) is 10.2 Å². The summed E-state index contributed by atoms with van der Waals surface area (Å²) in [4.78, 5) is 15.2. The highest BCUT2D eigenvalue weighted by Gasteiger charge is 2.29. The summed E-state index contributed by atoms with van der Waals surface area (Å²) in [6.45, 7) is 0. The first-order valence-corrected chi connectivity index (χ1v) is 9.47. The Morgan fingerprint density at radius 2 is 2.07 bits per heavy atom. The van der Waals surface area contributed by atoms with Gasteiger partial charge >= 0.3 is 0 Å². The second-order valence-corrected chi connectivity index (χ2v) is 6.60. The van der Waals surface area contributed by atoms with E-state index in [-0.39, 0.29) is 11.6 Å². The first-order valence-electron chi connectivity index (χ1n) is 8.24. The second-order valence-electron chi connectivity index (χ2n) is 5.82. The van der Waals surface area contributed by atoms with E-state index >= 15 is 0 Å². The summed E-state index contributed by atoms with van der Waals surface area (Å²) in [5.74, 6) is 0.742. The molecular weight excluding hydrogens is 382 g/mol. The summed E-state index contributed by atoms with van der Waals surface area (Å²) >= 11 is 1.34. The van der Waals surface area contributed by atoms with E-state index in [4.69, 9.17) is 9.47 Å². The van der Waals surface area contributed by atoms with Crippen molar-refractivity contribution in [3.8, 4) is 22.9 Å². The van der Waals surface area contributed by atoms with E-state index in [1.54, 1.807) is 6.07 Å². The monoisotopic (exact) mass is 397 g/mol. The Labute approximate surface area is 164 Å². The van der Waals surface area contributed by atoms with Gasteiger partial charge in [0, 0.05) is 23.4 Å². The number of hydrogen-bond acceptors (Lipinski definition) is 9.